The number of carbonyl (C=O) groups excluding carboxylic acids is 1. The number of nitrogens with one attached hydrogen (secondary N) is 2. The number of aromatic nitrogens is 2. The molecule has 2 aromatic heterocycles. The van der Waals surface area contributed by atoms with E-state index in [9.17, 15) is 4.79 Å². The van der Waals surface area contributed by atoms with Crippen molar-refractivity contribution < 1.29 is 9.53 Å². The molecule has 0 aliphatic heterocycles. The van der Waals surface area contributed by atoms with Crippen LogP contribution in [0.2, 0.25) is 0 Å². The largest absolute Gasteiger partial charge is 0.496 e. The molecule has 0 unspecified atom stereocenters. The summed E-state index contributed by atoms with van der Waals surface area (Å²) in [6.07, 6.45) is 3.87. The second-order valence-electron chi connectivity index (χ2n) is 8.03. The van der Waals surface area contributed by atoms with Gasteiger partial charge in [-0.05, 0) is 53.9 Å². The Morgan fingerprint density at radius 3 is 1.94 bits per heavy atom. The predicted octanol–water partition coefficient (Wildman–Crippen LogP) is 5.81. The lowest BCUT2D eigenvalue weighted by Gasteiger charge is -2.25. The number of methoxy groups -OCH3 is 1. The lowest BCUT2D eigenvalue weighted by molar-refractivity contribution is 0.0728. The van der Waals surface area contributed by atoms with Gasteiger partial charge in [0.1, 0.15) is 5.75 Å². The van der Waals surface area contributed by atoms with Gasteiger partial charge < -0.3 is 19.6 Å². The fourth-order valence-electron chi connectivity index (χ4n) is 4.45. The topological polar surface area (TPSA) is 61.1 Å². The summed E-state index contributed by atoms with van der Waals surface area (Å²) in [4.78, 5) is 22.3. The van der Waals surface area contributed by atoms with Gasteiger partial charge in [-0.25, -0.2) is 0 Å². The maximum absolute atomic E-state index is 13.9. The summed E-state index contributed by atoms with van der Waals surface area (Å²) >= 11 is 0. The molecule has 3 aromatic carbocycles. The molecule has 2 N–H and O–H groups in total. The van der Waals surface area contributed by atoms with Gasteiger partial charge in [-0.1, -0.05) is 36.4 Å². The minimum Gasteiger partial charge on any atom is -0.496 e. The number of hydrogen-bond acceptors (Lipinski definition) is 2. The highest BCUT2D eigenvalue weighted by Gasteiger charge is 2.22. The summed E-state index contributed by atoms with van der Waals surface area (Å²) in [6.45, 7) is 2.94. The van der Waals surface area contributed by atoms with E-state index in [0.29, 0.717) is 24.4 Å². The van der Waals surface area contributed by atoms with Gasteiger partial charge in [0, 0.05) is 47.3 Å². The summed E-state index contributed by atoms with van der Waals surface area (Å²) < 4.78 is 5.61. The number of amides is 1. The Hall–Kier alpha value is -3.99. The number of rotatable bonds is 6. The molecule has 5 nitrogen and oxygen atoms in total. The van der Waals surface area contributed by atoms with Gasteiger partial charge in [-0.15, -0.1) is 0 Å². The molecule has 0 aliphatic rings. The van der Waals surface area contributed by atoms with Gasteiger partial charge in [0.15, 0.2) is 0 Å². The first-order valence-corrected chi connectivity index (χ1v) is 10.7. The van der Waals surface area contributed by atoms with Crippen LogP contribution in [0.5, 0.6) is 5.75 Å². The van der Waals surface area contributed by atoms with E-state index in [2.05, 4.69) is 46.4 Å². The first-order chi connectivity index (χ1) is 15.7. The molecular formula is C27H25N3O2. The van der Waals surface area contributed by atoms with Crippen LogP contribution in [-0.4, -0.2) is 27.9 Å². The van der Waals surface area contributed by atoms with E-state index < -0.39 is 0 Å². The minimum atomic E-state index is -0.0503. The van der Waals surface area contributed by atoms with Gasteiger partial charge in [0.25, 0.3) is 5.91 Å². The molecule has 0 aliphatic carbocycles. The molecule has 5 heteroatoms. The van der Waals surface area contributed by atoms with Crippen LogP contribution in [0.15, 0.2) is 79.1 Å². The standard InChI is InChI=1S/C27H25N3O2/c1-18-6-3-9-23(26(18)32-2)27(31)30(16-19-7-4-10-24-21(19)12-14-28-24)17-20-8-5-11-25-22(20)13-15-29-25/h3-15,28-29H,16-17H2,1-2H3. The number of benzene rings is 3. The SMILES string of the molecule is COc1c(C)cccc1C(=O)N(Cc1cccc2[nH]ccc12)Cc1cccc2[nH]ccc12. The van der Waals surface area contributed by atoms with Crippen molar-refractivity contribution in [3.8, 4) is 5.75 Å². The van der Waals surface area contributed by atoms with Crippen LogP contribution < -0.4 is 4.74 Å². The maximum atomic E-state index is 13.9. The van der Waals surface area contributed by atoms with Crippen molar-refractivity contribution in [2.45, 2.75) is 20.0 Å². The fraction of sp³-hybridized carbons (Fsp3) is 0.148. The van der Waals surface area contributed by atoms with E-state index in [0.717, 1.165) is 38.5 Å². The molecular weight excluding hydrogens is 398 g/mol. The molecule has 0 atom stereocenters. The number of fused-ring (bicyclic) bond motifs is 2. The lowest BCUT2D eigenvalue weighted by atomic mass is 10.0. The summed E-state index contributed by atoms with van der Waals surface area (Å²) in [7, 11) is 1.62. The van der Waals surface area contributed by atoms with Gasteiger partial charge >= 0.3 is 0 Å². The highest BCUT2D eigenvalue weighted by Crippen LogP contribution is 2.28. The van der Waals surface area contributed by atoms with E-state index >= 15 is 0 Å². The zero-order valence-electron chi connectivity index (χ0n) is 18.2. The number of ether oxygens (including phenoxy) is 1. The number of hydrogen-bond donors (Lipinski definition) is 2. The zero-order valence-corrected chi connectivity index (χ0v) is 18.2. The number of para-hydroxylation sites is 1. The molecule has 0 fully saturated rings. The van der Waals surface area contributed by atoms with Crippen LogP contribution in [-0.2, 0) is 13.1 Å². The van der Waals surface area contributed by atoms with E-state index in [1.165, 1.54) is 0 Å². The number of H-pyrrole nitrogens is 2. The average Bonchev–Trinajstić information content (AvgIpc) is 3.48. The van der Waals surface area contributed by atoms with E-state index in [1.807, 2.05) is 54.5 Å². The number of nitrogens with zero attached hydrogens (tertiary/aromatic N) is 1. The van der Waals surface area contributed by atoms with Gasteiger partial charge in [0.05, 0.1) is 12.7 Å². The van der Waals surface area contributed by atoms with E-state index in [4.69, 9.17) is 4.74 Å². The third-order valence-corrected chi connectivity index (χ3v) is 6.03. The van der Waals surface area contributed by atoms with Crippen molar-refractivity contribution in [2.75, 3.05) is 7.11 Å². The molecule has 160 valence electrons. The Kier molecular flexibility index (Phi) is 5.15. The Labute approximate surface area is 186 Å². The van der Waals surface area contributed by atoms with Crippen LogP contribution in [0.4, 0.5) is 0 Å². The van der Waals surface area contributed by atoms with Crippen LogP contribution in [0, 0.1) is 6.92 Å². The average molecular weight is 424 g/mol. The lowest BCUT2D eigenvalue weighted by Crippen LogP contribution is -2.30. The Bertz CT molecular complexity index is 1340. The van der Waals surface area contributed by atoms with Crippen LogP contribution >= 0.6 is 0 Å². The van der Waals surface area contributed by atoms with Crippen LogP contribution in [0.1, 0.15) is 27.0 Å². The zero-order chi connectivity index (χ0) is 22.1. The molecule has 0 bridgehead atoms. The molecule has 5 aromatic rings. The Morgan fingerprint density at radius 1 is 0.812 bits per heavy atom. The van der Waals surface area contributed by atoms with Crippen molar-refractivity contribution in [3.63, 3.8) is 0 Å². The van der Waals surface area contributed by atoms with Crippen molar-refractivity contribution in [1.29, 1.82) is 0 Å². The van der Waals surface area contributed by atoms with Crippen molar-refractivity contribution in [2.24, 2.45) is 0 Å². The molecule has 0 saturated carbocycles. The van der Waals surface area contributed by atoms with Crippen molar-refractivity contribution in [1.82, 2.24) is 14.9 Å². The number of aryl methyl sites for hydroxylation is 1. The summed E-state index contributed by atoms with van der Waals surface area (Å²) in [5.74, 6) is 0.577. The first-order valence-electron chi connectivity index (χ1n) is 10.7. The normalized spacial score (nSPS) is 11.2. The van der Waals surface area contributed by atoms with Gasteiger partial charge in [0.2, 0.25) is 0 Å². The van der Waals surface area contributed by atoms with Crippen molar-refractivity contribution in [3.05, 3.63) is 101 Å². The Morgan fingerprint density at radius 2 is 1.38 bits per heavy atom. The fourth-order valence-corrected chi connectivity index (χ4v) is 4.45. The molecule has 32 heavy (non-hydrogen) atoms. The maximum Gasteiger partial charge on any atom is 0.258 e. The number of carbonyl (C=O) groups is 1. The number of aromatic amines is 2. The molecule has 2 heterocycles. The minimum absolute atomic E-state index is 0.0503. The van der Waals surface area contributed by atoms with E-state index in [1.54, 1.807) is 7.11 Å². The second kappa shape index (κ2) is 8.27. The third-order valence-electron chi connectivity index (χ3n) is 6.03. The predicted molar refractivity (Wildman–Crippen MR) is 128 cm³/mol. The van der Waals surface area contributed by atoms with Crippen LogP contribution in [0.25, 0.3) is 21.8 Å². The molecule has 0 radical (unpaired) electrons. The smallest absolute Gasteiger partial charge is 0.258 e. The second-order valence-corrected chi connectivity index (χ2v) is 8.03. The molecule has 0 saturated heterocycles. The molecule has 1 amide bonds. The van der Waals surface area contributed by atoms with Crippen molar-refractivity contribution >= 4 is 27.7 Å². The Balaban J connectivity index is 1.58. The monoisotopic (exact) mass is 423 g/mol. The quantitative estimate of drug-likeness (QED) is 0.362. The summed E-state index contributed by atoms with van der Waals surface area (Å²) in [5, 5.41) is 2.25. The highest BCUT2D eigenvalue weighted by molar-refractivity contribution is 5.98. The van der Waals surface area contributed by atoms with E-state index in [-0.39, 0.29) is 5.91 Å². The van der Waals surface area contributed by atoms with Gasteiger partial charge in [-0.3, -0.25) is 4.79 Å². The van der Waals surface area contributed by atoms with Gasteiger partial charge in [-0.2, -0.15) is 0 Å². The highest BCUT2D eigenvalue weighted by atomic mass is 16.5. The summed E-state index contributed by atoms with van der Waals surface area (Å²) in [5.41, 5.74) is 5.86. The van der Waals surface area contributed by atoms with Crippen LogP contribution in [0.3, 0.4) is 0 Å². The molecule has 0 spiro atoms. The molecule has 5 rings (SSSR count). The first kappa shape index (κ1) is 19.9. The summed E-state index contributed by atoms with van der Waals surface area (Å²) in [6, 6.07) is 22.2. The third kappa shape index (κ3) is 3.52.